The molecule has 8 nitrogen and oxygen atoms in total. The Balaban J connectivity index is 1.68. The van der Waals surface area contributed by atoms with E-state index < -0.39 is 11.6 Å². The van der Waals surface area contributed by atoms with E-state index in [9.17, 15) is 19.5 Å². The second kappa shape index (κ2) is 12.8. The summed E-state index contributed by atoms with van der Waals surface area (Å²) in [5.41, 5.74) is 0.785. The highest BCUT2D eigenvalue weighted by Crippen LogP contribution is 2.20. The quantitative estimate of drug-likeness (QED) is 0.299. The van der Waals surface area contributed by atoms with Crippen LogP contribution in [0.15, 0.2) is 78.9 Å². The maximum Gasteiger partial charge on any atom is 0.347 e. The number of ether oxygens (including phenoxy) is 2. The van der Waals surface area contributed by atoms with Crippen molar-refractivity contribution in [1.82, 2.24) is 4.90 Å². The predicted molar refractivity (Wildman–Crippen MR) is 146 cm³/mol. The number of ketones is 1. The molecule has 8 heteroatoms. The van der Waals surface area contributed by atoms with Crippen molar-refractivity contribution in [2.45, 2.75) is 45.8 Å². The molecule has 0 aliphatic rings. The second-order valence-corrected chi connectivity index (χ2v) is 9.56. The van der Waals surface area contributed by atoms with Crippen molar-refractivity contribution in [1.29, 1.82) is 0 Å². The molecule has 0 fully saturated rings. The number of carboxylic acids is 1. The molecule has 0 heterocycles. The van der Waals surface area contributed by atoms with Gasteiger partial charge in [0.2, 0.25) is 0 Å². The lowest BCUT2D eigenvalue weighted by atomic mass is 10.1. The molecule has 38 heavy (non-hydrogen) atoms. The molecule has 1 unspecified atom stereocenters. The van der Waals surface area contributed by atoms with Crippen LogP contribution in [0.25, 0.3) is 0 Å². The standard InChI is InChI=1S/C30H34N2O6/c1-21(37-26-8-6-5-7-9-26)20-32(29(36)31-25-14-12-24(13-15-25)22(2)33)19-18-23-10-16-27(17-11-23)38-30(3,4)28(34)35/h5-17,21H,18-20H2,1-4H3,(H,31,36)(H,34,35). The van der Waals surface area contributed by atoms with Crippen LogP contribution in [0.2, 0.25) is 0 Å². The number of hydrogen-bond donors (Lipinski definition) is 2. The molecule has 0 radical (unpaired) electrons. The number of Topliss-reactive ketones (excluding diaryl/α,β-unsaturated/α-hetero) is 1. The number of carbonyl (C=O) groups excluding carboxylic acids is 2. The van der Waals surface area contributed by atoms with Gasteiger partial charge in [0.25, 0.3) is 0 Å². The number of nitrogens with zero attached hydrogens (tertiary/aromatic N) is 1. The Morgan fingerprint density at radius 1 is 0.921 bits per heavy atom. The van der Waals surface area contributed by atoms with Crippen molar-refractivity contribution < 1.29 is 29.0 Å². The van der Waals surface area contributed by atoms with E-state index in [4.69, 9.17) is 9.47 Å². The lowest BCUT2D eigenvalue weighted by Crippen LogP contribution is -2.42. The first-order chi connectivity index (χ1) is 18.0. The average molecular weight is 519 g/mol. The molecule has 0 aliphatic carbocycles. The van der Waals surface area contributed by atoms with Crippen LogP contribution >= 0.6 is 0 Å². The van der Waals surface area contributed by atoms with Crippen molar-refractivity contribution in [2.75, 3.05) is 18.4 Å². The van der Waals surface area contributed by atoms with E-state index in [0.29, 0.717) is 36.5 Å². The molecule has 2 N–H and O–H groups in total. The largest absolute Gasteiger partial charge is 0.489 e. The third-order valence-corrected chi connectivity index (χ3v) is 5.87. The van der Waals surface area contributed by atoms with Crippen molar-refractivity contribution >= 4 is 23.5 Å². The number of benzene rings is 3. The Hall–Kier alpha value is -4.33. The fourth-order valence-corrected chi connectivity index (χ4v) is 3.67. The summed E-state index contributed by atoms with van der Waals surface area (Å²) in [6.45, 7) is 7.15. The predicted octanol–water partition coefficient (Wildman–Crippen LogP) is 5.68. The Kier molecular flexibility index (Phi) is 9.49. The maximum absolute atomic E-state index is 13.2. The number of aliphatic carboxylic acids is 1. The van der Waals surface area contributed by atoms with E-state index in [0.717, 1.165) is 11.3 Å². The summed E-state index contributed by atoms with van der Waals surface area (Å²) >= 11 is 0. The normalized spacial score (nSPS) is 11.8. The maximum atomic E-state index is 13.2. The van der Waals surface area contributed by atoms with Gasteiger partial charge in [0.1, 0.15) is 17.6 Å². The summed E-state index contributed by atoms with van der Waals surface area (Å²) < 4.78 is 11.6. The van der Waals surface area contributed by atoms with Gasteiger partial charge >= 0.3 is 12.0 Å². The third kappa shape index (κ3) is 8.37. The molecule has 2 amide bonds. The highest BCUT2D eigenvalue weighted by molar-refractivity contribution is 5.95. The molecular formula is C30H34N2O6. The van der Waals surface area contributed by atoms with Gasteiger partial charge < -0.3 is 24.8 Å². The van der Waals surface area contributed by atoms with Crippen molar-refractivity contribution in [3.63, 3.8) is 0 Å². The van der Waals surface area contributed by atoms with Gasteiger partial charge in [-0.1, -0.05) is 30.3 Å². The van der Waals surface area contributed by atoms with Gasteiger partial charge in [-0.3, -0.25) is 4.79 Å². The van der Waals surface area contributed by atoms with Crippen LogP contribution in [0.3, 0.4) is 0 Å². The van der Waals surface area contributed by atoms with Crippen molar-refractivity contribution in [3.05, 3.63) is 90.0 Å². The van der Waals surface area contributed by atoms with Crippen molar-refractivity contribution in [3.8, 4) is 11.5 Å². The van der Waals surface area contributed by atoms with Gasteiger partial charge in [0.15, 0.2) is 11.4 Å². The van der Waals surface area contributed by atoms with E-state index in [1.54, 1.807) is 41.3 Å². The van der Waals surface area contributed by atoms with Crippen LogP contribution in [0, 0.1) is 0 Å². The molecular weight excluding hydrogens is 484 g/mol. The first-order valence-electron chi connectivity index (χ1n) is 12.4. The molecule has 200 valence electrons. The van der Waals surface area contributed by atoms with Gasteiger partial charge in [0.05, 0.1) is 6.54 Å². The number of para-hydroxylation sites is 1. The zero-order chi connectivity index (χ0) is 27.7. The fourth-order valence-electron chi connectivity index (χ4n) is 3.67. The van der Waals surface area contributed by atoms with Crippen molar-refractivity contribution in [2.24, 2.45) is 0 Å². The zero-order valence-corrected chi connectivity index (χ0v) is 22.1. The van der Waals surface area contributed by atoms with Crippen LogP contribution in [0.5, 0.6) is 11.5 Å². The second-order valence-electron chi connectivity index (χ2n) is 9.56. The highest BCUT2D eigenvalue weighted by atomic mass is 16.5. The number of rotatable bonds is 12. The third-order valence-electron chi connectivity index (χ3n) is 5.87. The van der Waals surface area contributed by atoms with E-state index >= 15 is 0 Å². The molecule has 0 aliphatic heterocycles. The molecule has 0 spiro atoms. The van der Waals surface area contributed by atoms with Gasteiger partial charge in [-0.05, 0) is 88.2 Å². The van der Waals surface area contributed by atoms with Gasteiger partial charge in [-0.25, -0.2) is 9.59 Å². The summed E-state index contributed by atoms with van der Waals surface area (Å²) in [4.78, 5) is 37.8. The van der Waals surface area contributed by atoms with Crippen LogP contribution in [-0.4, -0.2) is 52.6 Å². The average Bonchev–Trinajstić information content (AvgIpc) is 2.88. The van der Waals surface area contributed by atoms with Gasteiger partial charge in [-0.2, -0.15) is 0 Å². The number of amides is 2. The monoisotopic (exact) mass is 518 g/mol. The minimum absolute atomic E-state index is 0.0423. The molecule has 0 saturated carbocycles. The summed E-state index contributed by atoms with van der Waals surface area (Å²) in [5.74, 6) is 0.0834. The van der Waals surface area contributed by atoms with E-state index in [1.807, 2.05) is 49.4 Å². The molecule has 3 aromatic carbocycles. The molecule has 3 rings (SSSR count). The smallest absolute Gasteiger partial charge is 0.347 e. The summed E-state index contributed by atoms with van der Waals surface area (Å²) in [5, 5.41) is 12.2. The fraction of sp³-hybridized carbons (Fsp3) is 0.300. The number of anilines is 1. The van der Waals surface area contributed by atoms with E-state index in [-0.39, 0.29) is 17.9 Å². The molecule has 0 saturated heterocycles. The molecule has 3 aromatic rings. The first-order valence-corrected chi connectivity index (χ1v) is 12.4. The Morgan fingerprint density at radius 3 is 2.13 bits per heavy atom. The lowest BCUT2D eigenvalue weighted by Gasteiger charge is -2.27. The number of nitrogens with one attached hydrogen (secondary N) is 1. The van der Waals surface area contributed by atoms with Gasteiger partial charge in [0, 0.05) is 17.8 Å². The number of carboxylic acid groups (broad SMARTS) is 1. The molecule has 1 atom stereocenters. The minimum atomic E-state index is -1.34. The van der Waals surface area contributed by atoms with Crippen LogP contribution in [-0.2, 0) is 11.2 Å². The van der Waals surface area contributed by atoms with Crippen LogP contribution in [0.1, 0.15) is 43.6 Å². The number of urea groups is 1. The Labute approximate surface area is 223 Å². The number of carbonyl (C=O) groups is 3. The van der Waals surface area contributed by atoms with Crippen LogP contribution < -0.4 is 14.8 Å². The number of hydrogen-bond acceptors (Lipinski definition) is 5. The van der Waals surface area contributed by atoms with Gasteiger partial charge in [-0.15, -0.1) is 0 Å². The summed E-state index contributed by atoms with van der Waals surface area (Å²) in [6.07, 6.45) is 0.300. The Morgan fingerprint density at radius 2 is 1.55 bits per heavy atom. The molecule has 0 aromatic heterocycles. The molecule has 0 bridgehead atoms. The van der Waals surface area contributed by atoms with E-state index in [1.165, 1.54) is 20.8 Å². The summed E-state index contributed by atoms with van der Waals surface area (Å²) in [7, 11) is 0. The zero-order valence-electron chi connectivity index (χ0n) is 22.1. The van der Waals surface area contributed by atoms with Crippen LogP contribution in [0.4, 0.5) is 10.5 Å². The SMILES string of the molecule is CC(=O)c1ccc(NC(=O)N(CCc2ccc(OC(C)(C)C(=O)O)cc2)CC(C)Oc2ccccc2)cc1. The minimum Gasteiger partial charge on any atom is -0.489 e. The first kappa shape index (κ1) is 28.2. The lowest BCUT2D eigenvalue weighted by molar-refractivity contribution is -0.152. The Bertz CT molecular complexity index is 1220. The van der Waals surface area contributed by atoms with E-state index in [2.05, 4.69) is 5.32 Å². The topological polar surface area (TPSA) is 105 Å². The highest BCUT2D eigenvalue weighted by Gasteiger charge is 2.29. The summed E-state index contributed by atoms with van der Waals surface area (Å²) in [6, 6.07) is 23.1.